The van der Waals surface area contributed by atoms with Crippen LogP contribution in [0.5, 0.6) is 0 Å². The lowest BCUT2D eigenvalue weighted by atomic mass is 10.1. The number of thiophene rings is 1. The Hall–Kier alpha value is -2.85. The van der Waals surface area contributed by atoms with E-state index in [1.54, 1.807) is 18.5 Å². The number of carbonyl (C=O) groups excluding carboxylic acids is 1. The summed E-state index contributed by atoms with van der Waals surface area (Å²) in [6.07, 6.45) is 0. The number of rotatable bonds is 3. The summed E-state index contributed by atoms with van der Waals surface area (Å²) >= 11 is 6.32. The topological polar surface area (TPSA) is 97.6 Å². The Morgan fingerprint density at radius 3 is 2.96 bits per heavy atom. The molecule has 1 aromatic carbocycles. The molecule has 0 spiro atoms. The van der Waals surface area contributed by atoms with Gasteiger partial charge in [0.05, 0.1) is 28.7 Å². The van der Waals surface area contributed by atoms with Crippen LogP contribution in [0.25, 0.3) is 21.3 Å². The smallest absolute Gasteiger partial charge is 0.268 e. The summed E-state index contributed by atoms with van der Waals surface area (Å²) in [6, 6.07) is 4.16. The van der Waals surface area contributed by atoms with Gasteiger partial charge in [-0.05, 0) is 35.8 Å². The molecule has 0 bridgehead atoms. The Morgan fingerprint density at radius 1 is 1.35 bits per heavy atom. The average Bonchev–Trinajstić information content (AvgIpc) is 3.19. The number of amides is 1. The van der Waals surface area contributed by atoms with Crippen LogP contribution in [-0.2, 0) is 6.54 Å². The highest BCUT2D eigenvalue weighted by Crippen LogP contribution is 2.20. The third-order valence-corrected chi connectivity index (χ3v) is 5.02. The van der Waals surface area contributed by atoms with Crippen molar-refractivity contribution >= 4 is 50.7 Å². The second-order valence-electron chi connectivity index (χ2n) is 5.76. The predicted octanol–water partition coefficient (Wildman–Crippen LogP) is 2.93. The highest BCUT2D eigenvalue weighted by molar-refractivity contribution is 7.71. The van der Waals surface area contributed by atoms with Gasteiger partial charge in [-0.15, -0.1) is 11.3 Å². The van der Waals surface area contributed by atoms with Crippen LogP contribution in [0.1, 0.15) is 16.2 Å². The Kier molecular flexibility index (Phi) is 3.93. The first-order valence-electron chi connectivity index (χ1n) is 7.56. The fraction of sp³-hybridized carbons (Fsp3) is 0.125. The Morgan fingerprint density at radius 2 is 2.15 bits per heavy atom. The highest BCUT2D eigenvalue weighted by atomic mass is 32.1. The van der Waals surface area contributed by atoms with Crippen LogP contribution in [0, 0.1) is 10.6 Å². The molecule has 7 nitrogen and oxygen atoms in total. The minimum absolute atomic E-state index is 0.0724. The molecule has 26 heavy (non-hydrogen) atoms. The first-order chi connectivity index (χ1) is 12.4. The molecule has 0 unspecified atom stereocenters. The van der Waals surface area contributed by atoms with Gasteiger partial charge >= 0.3 is 0 Å². The molecule has 132 valence electrons. The van der Waals surface area contributed by atoms with Crippen molar-refractivity contribution in [3.8, 4) is 0 Å². The first-order valence-corrected chi connectivity index (χ1v) is 8.84. The number of benzene rings is 1. The summed E-state index contributed by atoms with van der Waals surface area (Å²) < 4.78 is 14.7. The Bertz CT molecular complexity index is 1270. The molecule has 0 aliphatic carbocycles. The van der Waals surface area contributed by atoms with E-state index in [-0.39, 0.29) is 17.7 Å². The molecule has 3 aromatic heterocycles. The van der Waals surface area contributed by atoms with Crippen molar-refractivity contribution in [1.29, 1.82) is 0 Å². The molecule has 0 aliphatic rings. The number of nitrogens with one attached hydrogen (secondary N) is 3. The molecule has 4 aromatic rings. The van der Waals surface area contributed by atoms with Gasteiger partial charge in [-0.2, -0.15) is 0 Å². The maximum Gasteiger partial charge on any atom is 0.268 e. The summed E-state index contributed by atoms with van der Waals surface area (Å²) in [4.78, 5) is 38.9. The van der Waals surface area contributed by atoms with Crippen molar-refractivity contribution < 1.29 is 9.18 Å². The van der Waals surface area contributed by atoms with Crippen LogP contribution in [0.15, 0.2) is 28.4 Å². The minimum Gasteiger partial charge on any atom is -0.334 e. The summed E-state index contributed by atoms with van der Waals surface area (Å²) in [5.41, 5.74) is 1.33. The fourth-order valence-electron chi connectivity index (χ4n) is 2.77. The van der Waals surface area contributed by atoms with Gasteiger partial charge in [0, 0.05) is 7.05 Å². The van der Waals surface area contributed by atoms with Crippen LogP contribution in [0.4, 0.5) is 4.39 Å². The molecule has 0 saturated heterocycles. The SMILES string of the molecule is CN(Cc1nc2ccsc2c(=O)[nH]1)C(=O)c1cc(F)cc2[nH]c(=S)[nH]c12. The van der Waals surface area contributed by atoms with E-state index in [2.05, 4.69) is 19.9 Å². The molecule has 3 heterocycles. The lowest BCUT2D eigenvalue weighted by Gasteiger charge is -2.17. The predicted molar refractivity (Wildman–Crippen MR) is 99.5 cm³/mol. The molecule has 0 radical (unpaired) electrons. The van der Waals surface area contributed by atoms with Crippen LogP contribution in [0.3, 0.4) is 0 Å². The van der Waals surface area contributed by atoms with Crippen molar-refractivity contribution in [1.82, 2.24) is 24.8 Å². The van der Waals surface area contributed by atoms with Gasteiger partial charge in [0.15, 0.2) is 4.77 Å². The van der Waals surface area contributed by atoms with E-state index in [4.69, 9.17) is 12.2 Å². The van der Waals surface area contributed by atoms with E-state index < -0.39 is 11.7 Å². The van der Waals surface area contributed by atoms with Gasteiger partial charge in [-0.3, -0.25) is 9.59 Å². The molecular formula is C16H12FN5O2S2. The second-order valence-corrected chi connectivity index (χ2v) is 7.09. The molecule has 0 aliphatic heterocycles. The molecular weight excluding hydrogens is 377 g/mol. The lowest BCUT2D eigenvalue weighted by Crippen LogP contribution is -2.28. The molecule has 1 amide bonds. The van der Waals surface area contributed by atoms with Crippen molar-refractivity contribution in [2.24, 2.45) is 0 Å². The monoisotopic (exact) mass is 389 g/mol. The van der Waals surface area contributed by atoms with Crippen molar-refractivity contribution in [2.75, 3.05) is 7.05 Å². The number of H-pyrrole nitrogens is 3. The maximum absolute atomic E-state index is 13.9. The molecule has 0 atom stereocenters. The normalized spacial score (nSPS) is 11.3. The number of aromatic amines is 3. The van der Waals surface area contributed by atoms with E-state index in [0.29, 0.717) is 31.8 Å². The number of nitrogens with zero attached hydrogens (tertiary/aromatic N) is 2. The van der Waals surface area contributed by atoms with Gasteiger partial charge in [0.25, 0.3) is 11.5 Å². The largest absolute Gasteiger partial charge is 0.334 e. The number of carbonyl (C=O) groups is 1. The van der Waals surface area contributed by atoms with Crippen molar-refractivity contribution in [3.05, 3.63) is 55.9 Å². The zero-order valence-corrected chi connectivity index (χ0v) is 15.1. The molecule has 3 N–H and O–H groups in total. The highest BCUT2D eigenvalue weighted by Gasteiger charge is 2.19. The summed E-state index contributed by atoms with van der Waals surface area (Å²) in [5, 5.41) is 1.78. The summed E-state index contributed by atoms with van der Waals surface area (Å²) in [5.74, 6) is -0.620. The summed E-state index contributed by atoms with van der Waals surface area (Å²) in [6.45, 7) is 0.0724. The van der Waals surface area contributed by atoms with Crippen LogP contribution < -0.4 is 5.56 Å². The molecule has 0 fully saturated rings. The number of hydrogen-bond acceptors (Lipinski definition) is 5. The number of aromatic nitrogens is 4. The number of fused-ring (bicyclic) bond motifs is 2. The number of imidazole rings is 1. The molecule has 0 saturated carbocycles. The van der Waals surface area contributed by atoms with E-state index >= 15 is 0 Å². The van der Waals surface area contributed by atoms with Gasteiger partial charge in [-0.1, -0.05) is 0 Å². The van der Waals surface area contributed by atoms with Crippen molar-refractivity contribution in [2.45, 2.75) is 6.54 Å². The Balaban J connectivity index is 1.69. The van der Waals surface area contributed by atoms with E-state index in [1.165, 1.54) is 22.3 Å². The third kappa shape index (κ3) is 2.82. The van der Waals surface area contributed by atoms with Crippen LogP contribution >= 0.6 is 23.6 Å². The van der Waals surface area contributed by atoms with Gasteiger partial charge in [-0.25, -0.2) is 9.37 Å². The van der Waals surface area contributed by atoms with Gasteiger partial charge in [0.2, 0.25) is 0 Å². The quantitative estimate of drug-likeness (QED) is 0.469. The Labute approximate surface area is 154 Å². The van der Waals surface area contributed by atoms with Crippen LogP contribution in [-0.4, -0.2) is 37.8 Å². The third-order valence-electron chi connectivity index (χ3n) is 3.92. The maximum atomic E-state index is 13.9. The minimum atomic E-state index is -0.550. The van der Waals surface area contributed by atoms with Gasteiger partial charge < -0.3 is 19.9 Å². The summed E-state index contributed by atoms with van der Waals surface area (Å²) in [7, 11) is 1.55. The standard InChI is InChI=1S/C16H12FN5O2S2/c1-22(6-11-18-9-2-3-26-13(9)14(23)20-11)15(24)8-4-7(17)5-10-12(8)21-16(25)19-10/h2-5H,6H2,1H3,(H,18,20,23)(H2,19,21,25). The second kappa shape index (κ2) is 6.15. The van der Waals surface area contributed by atoms with Gasteiger partial charge in [0.1, 0.15) is 16.3 Å². The molecule has 10 heteroatoms. The van der Waals surface area contributed by atoms with Crippen molar-refractivity contribution in [3.63, 3.8) is 0 Å². The first kappa shape index (κ1) is 16.6. The average molecular weight is 389 g/mol. The van der Waals surface area contributed by atoms with E-state index in [0.717, 1.165) is 6.07 Å². The van der Waals surface area contributed by atoms with E-state index in [9.17, 15) is 14.0 Å². The number of halogens is 1. The zero-order chi connectivity index (χ0) is 18.4. The lowest BCUT2D eigenvalue weighted by molar-refractivity contribution is 0.0783. The van der Waals surface area contributed by atoms with Crippen LogP contribution in [0.2, 0.25) is 0 Å². The van der Waals surface area contributed by atoms with E-state index in [1.807, 2.05) is 0 Å². The fourth-order valence-corrected chi connectivity index (χ4v) is 3.71. The zero-order valence-electron chi connectivity index (χ0n) is 13.4. The molecule has 4 rings (SSSR count). The number of hydrogen-bond donors (Lipinski definition) is 3.